The van der Waals surface area contributed by atoms with Gasteiger partial charge in [-0.2, -0.15) is 42.0 Å². The van der Waals surface area contributed by atoms with Crippen LogP contribution in [-0.4, -0.2) is 47.6 Å². The molecule has 1 aliphatic heterocycles. The van der Waals surface area contributed by atoms with Gasteiger partial charge in [0.05, 0.1) is 12.2 Å². The molecule has 0 radical (unpaired) electrons. The largest absolute Gasteiger partial charge is 2.00 e. The van der Waals surface area contributed by atoms with Crippen LogP contribution in [0.1, 0.15) is 25.3 Å². The maximum absolute atomic E-state index is 9.82. The fourth-order valence-corrected chi connectivity index (χ4v) is 3.02. The van der Waals surface area contributed by atoms with E-state index in [0.717, 1.165) is 32.4 Å². The second-order valence-corrected chi connectivity index (χ2v) is 6.44. The van der Waals surface area contributed by atoms with Gasteiger partial charge < -0.3 is 20.8 Å². The molecule has 0 amide bonds. The smallest absolute Gasteiger partial charge is 0.389 e. The number of rotatable bonds is 7. The summed E-state index contributed by atoms with van der Waals surface area (Å²) in [5.41, 5.74) is 1.40. The van der Waals surface area contributed by atoms with E-state index in [-0.39, 0.29) is 29.2 Å². The van der Waals surface area contributed by atoms with Gasteiger partial charge >= 0.3 is 17.1 Å². The summed E-state index contributed by atoms with van der Waals surface area (Å²) in [7, 11) is 0. The second-order valence-electron chi connectivity index (χ2n) is 6.44. The molecule has 1 fully saturated rings. The van der Waals surface area contributed by atoms with Gasteiger partial charge in [-0.15, -0.1) is 0 Å². The molecular weight excluding hydrogens is 356 g/mol. The van der Waals surface area contributed by atoms with Crippen molar-refractivity contribution in [3.63, 3.8) is 0 Å². The van der Waals surface area contributed by atoms with Crippen LogP contribution in [-0.2, 0) is 23.5 Å². The first-order valence-electron chi connectivity index (χ1n) is 8.88. The van der Waals surface area contributed by atoms with E-state index in [4.69, 9.17) is 0 Å². The van der Waals surface area contributed by atoms with Crippen molar-refractivity contribution in [2.24, 2.45) is 0 Å². The maximum atomic E-state index is 9.82. The summed E-state index contributed by atoms with van der Waals surface area (Å²) < 4.78 is 0. The first kappa shape index (κ1) is 22.1. The first-order valence-corrected chi connectivity index (χ1v) is 8.88. The fraction of sp³-hybridized carbons (Fsp3) is 0.500. The summed E-state index contributed by atoms with van der Waals surface area (Å²) in [6.07, 6.45) is 1.81. The molecule has 0 bridgehead atoms. The van der Waals surface area contributed by atoms with Gasteiger partial charge in [0.15, 0.2) is 0 Å². The van der Waals surface area contributed by atoms with Crippen LogP contribution in [0.2, 0.25) is 0 Å². The zero-order valence-corrected chi connectivity index (χ0v) is 15.9. The third-order valence-corrected chi connectivity index (χ3v) is 4.49. The molecule has 0 aromatic heterocycles. The van der Waals surface area contributed by atoms with Crippen LogP contribution in [0.25, 0.3) is 0 Å². The van der Waals surface area contributed by atoms with Crippen LogP contribution in [0, 0.1) is 0 Å². The average Bonchev–Trinajstić information content (AvgIpc) is 3.33. The Hall–Kier alpha value is -0.941. The monoisotopic (exact) mass is 386 g/mol. The summed E-state index contributed by atoms with van der Waals surface area (Å²) in [5.74, 6) is 0. The number of aryl methyl sites for hydroxylation is 1. The molecule has 2 aromatic rings. The molecular formula is C20H30FeN2O2. The topological polar surface area (TPSA) is 64.5 Å². The quantitative estimate of drug-likeness (QED) is 0.333. The molecule has 4 atom stereocenters. The van der Waals surface area contributed by atoms with Crippen LogP contribution in [0.5, 0.6) is 0 Å². The van der Waals surface area contributed by atoms with Crippen LogP contribution >= 0.6 is 0 Å². The first-order chi connectivity index (χ1) is 11.7. The Bertz CT molecular complexity index is 499. The standard InChI is InChI=1S/C15H25N2O2.C5H5.Fe/c1-11-14(18)15(19)13(17-11)8-10-16-9-4-7-12-5-2-3-6-12;1-2-4-5-3-1;/h2-3,5-6,11,13-19H,4,7-10H2,1H3;1-5H;/q2*-1;+2/t11-,13-,14+,15-;;/m0../s1. The average molecular weight is 386 g/mol. The van der Waals surface area contributed by atoms with Gasteiger partial charge in [-0.3, -0.25) is 0 Å². The molecule has 5 heteroatoms. The zero-order valence-electron chi connectivity index (χ0n) is 14.8. The Labute approximate surface area is 161 Å². The van der Waals surface area contributed by atoms with E-state index >= 15 is 0 Å². The minimum atomic E-state index is -0.638. The van der Waals surface area contributed by atoms with Gasteiger partial charge in [-0.25, -0.2) is 18.2 Å². The van der Waals surface area contributed by atoms with E-state index in [1.807, 2.05) is 37.3 Å². The van der Waals surface area contributed by atoms with Crippen molar-refractivity contribution >= 4 is 0 Å². The van der Waals surface area contributed by atoms with Crippen molar-refractivity contribution in [3.8, 4) is 0 Å². The summed E-state index contributed by atoms with van der Waals surface area (Å²) >= 11 is 0. The van der Waals surface area contributed by atoms with Gasteiger partial charge in [-0.05, 0) is 32.9 Å². The fourth-order valence-electron chi connectivity index (χ4n) is 3.02. The summed E-state index contributed by atoms with van der Waals surface area (Å²) in [6.45, 7) is 3.77. The third kappa shape index (κ3) is 7.87. The van der Waals surface area contributed by atoms with Crippen molar-refractivity contribution in [3.05, 3.63) is 60.2 Å². The molecule has 1 aliphatic rings. The third-order valence-electron chi connectivity index (χ3n) is 4.49. The van der Waals surface area contributed by atoms with Gasteiger partial charge in [0.1, 0.15) is 0 Å². The number of aliphatic hydroxyl groups is 2. The SMILES string of the molecule is C[C@@H]1N[C@@H](CCNCCCc2cc[cH-]c2)[C@H](O)[C@@H]1O.[Fe+2].c1cc[cH-]c1. The second kappa shape index (κ2) is 12.4. The zero-order chi connectivity index (χ0) is 17.2. The minimum Gasteiger partial charge on any atom is -0.389 e. The van der Waals surface area contributed by atoms with Crippen molar-refractivity contribution in [1.29, 1.82) is 0 Å². The van der Waals surface area contributed by atoms with Crippen molar-refractivity contribution in [1.82, 2.24) is 10.6 Å². The van der Waals surface area contributed by atoms with Crippen molar-refractivity contribution in [2.45, 2.75) is 50.5 Å². The Morgan fingerprint density at radius 2 is 1.84 bits per heavy atom. The Morgan fingerprint density at radius 1 is 1.08 bits per heavy atom. The molecule has 0 saturated carbocycles. The Balaban J connectivity index is 0.000000448. The van der Waals surface area contributed by atoms with E-state index in [1.165, 1.54) is 5.56 Å². The van der Waals surface area contributed by atoms with Crippen LogP contribution in [0.15, 0.2) is 54.6 Å². The normalized spacial score (nSPS) is 25.1. The number of nitrogens with one attached hydrogen (secondary N) is 2. The van der Waals surface area contributed by atoms with E-state index in [9.17, 15) is 10.2 Å². The Morgan fingerprint density at radius 3 is 2.36 bits per heavy atom. The van der Waals surface area contributed by atoms with E-state index in [1.54, 1.807) is 0 Å². The molecule has 3 rings (SSSR count). The van der Waals surface area contributed by atoms with Crippen LogP contribution in [0.4, 0.5) is 0 Å². The van der Waals surface area contributed by atoms with E-state index in [2.05, 4.69) is 34.9 Å². The molecule has 1 heterocycles. The summed E-state index contributed by atoms with van der Waals surface area (Å²) in [5, 5.41) is 26.1. The van der Waals surface area contributed by atoms with Gasteiger partial charge in [0.25, 0.3) is 0 Å². The minimum absolute atomic E-state index is 0. The van der Waals surface area contributed by atoms with Gasteiger partial charge in [0.2, 0.25) is 0 Å². The van der Waals surface area contributed by atoms with Crippen LogP contribution < -0.4 is 10.6 Å². The predicted molar refractivity (Wildman–Crippen MR) is 98.3 cm³/mol. The number of hydrogen-bond acceptors (Lipinski definition) is 4. The molecule has 2 aromatic carbocycles. The molecule has 1 saturated heterocycles. The predicted octanol–water partition coefficient (Wildman–Crippen LogP) is 1.80. The molecule has 0 aliphatic carbocycles. The molecule has 4 N–H and O–H groups in total. The molecule has 4 nitrogen and oxygen atoms in total. The van der Waals surface area contributed by atoms with E-state index < -0.39 is 12.2 Å². The molecule has 0 unspecified atom stereocenters. The Kier molecular flexibility index (Phi) is 11.0. The number of hydrogen-bond donors (Lipinski definition) is 4. The summed E-state index contributed by atoms with van der Waals surface area (Å²) in [6, 6.07) is 18.4. The number of aliphatic hydroxyl groups excluding tert-OH is 2. The molecule has 25 heavy (non-hydrogen) atoms. The maximum Gasteiger partial charge on any atom is 2.00 e. The van der Waals surface area contributed by atoms with Gasteiger partial charge in [-0.1, -0.05) is 6.42 Å². The van der Waals surface area contributed by atoms with Gasteiger partial charge in [0, 0.05) is 12.1 Å². The summed E-state index contributed by atoms with van der Waals surface area (Å²) in [4.78, 5) is 0. The van der Waals surface area contributed by atoms with Crippen molar-refractivity contribution < 1.29 is 27.3 Å². The molecule has 0 spiro atoms. The van der Waals surface area contributed by atoms with Crippen molar-refractivity contribution in [2.75, 3.05) is 13.1 Å². The van der Waals surface area contributed by atoms with E-state index in [0.29, 0.717) is 0 Å². The molecule has 140 valence electrons. The van der Waals surface area contributed by atoms with Crippen LogP contribution in [0.3, 0.4) is 0 Å².